The number of nitrogens with zero attached hydrogens (tertiary/aromatic N) is 1. The first kappa shape index (κ1) is 14.5. The van der Waals surface area contributed by atoms with E-state index in [0.717, 1.165) is 39.0 Å². The molecule has 0 aliphatic heterocycles. The van der Waals surface area contributed by atoms with Gasteiger partial charge < -0.3 is 9.15 Å². The molecule has 4 rings (SSSR count). The van der Waals surface area contributed by atoms with E-state index in [1.807, 2.05) is 36.4 Å². The molecule has 0 amide bonds. The molecular formula is C21H17NO2. The minimum absolute atomic E-state index is 0.560. The smallest absolute Gasteiger partial charge is 0.231 e. The van der Waals surface area contributed by atoms with Crippen molar-refractivity contribution >= 4 is 11.0 Å². The fourth-order valence-corrected chi connectivity index (χ4v) is 2.96. The van der Waals surface area contributed by atoms with E-state index in [2.05, 4.69) is 37.0 Å². The van der Waals surface area contributed by atoms with E-state index >= 15 is 0 Å². The molecule has 2 heterocycles. The highest BCUT2D eigenvalue weighted by molar-refractivity contribution is 5.97. The lowest BCUT2D eigenvalue weighted by Gasteiger charge is -2.09. The van der Waals surface area contributed by atoms with Crippen molar-refractivity contribution in [2.45, 2.75) is 13.8 Å². The van der Waals surface area contributed by atoms with Gasteiger partial charge in [0.1, 0.15) is 11.3 Å². The Kier molecular flexibility index (Phi) is 3.54. The summed E-state index contributed by atoms with van der Waals surface area (Å²) >= 11 is 0. The summed E-state index contributed by atoms with van der Waals surface area (Å²) in [5.41, 5.74) is 5.15. The number of ether oxygens (including phenoxy) is 1. The number of aromatic nitrogens is 1. The van der Waals surface area contributed by atoms with E-state index in [0.29, 0.717) is 5.88 Å². The Morgan fingerprint density at radius 3 is 2.42 bits per heavy atom. The molecule has 0 spiro atoms. The Morgan fingerprint density at radius 2 is 1.67 bits per heavy atom. The summed E-state index contributed by atoms with van der Waals surface area (Å²) in [6, 6.07) is 18.1. The Labute approximate surface area is 140 Å². The van der Waals surface area contributed by atoms with Gasteiger partial charge >= 0.3 is 0 Å². The molecule has 3 heteroatoms. The zero-order valence-electron chi connectivity index (χ0n) is 13.6. The van der Waals surface area contributed by atoms with Crippen LogP contribution in [0.25, 0.3) is 22.1 Å². The molecule has 0 saturated carbocycles. The third-order valence-electron chi connectivity index (χ3n) is 3.95. The summed E-state index contributed by atoms with van der Waals surface area (Å²) in [7, 11) is 0. The van der Waals surface area contributed by atoms with Crippen LogP contribution in [0.1, 0.15) is 11.1 Å². The first-order chi connectivity index (χ1) is 11.7. The third kappa shape index (κ3) is 2.65. The van der Waals surface area contributed by atoms with Gasteiger partial charge in [-0.15, -0.1) is 0 Å². The number of hydrogen-bond acceptors (Lipinski definition) is 3. The van der Waals surface area contributed by atoms with Gasteiger partial charge in [-0.3, -0.25) is 0 Å². The zero-order valence-corrected chi connectivity index (χ0v) is 13.6. The highest BCUT2D eigenvalue weighted by Gasteiger charge is 2.15. The number of rotatable bonds is 3. The minimum Gasteiger partial charge on any atom is -0.463 e. The van der Waals surface area contributed by atoms with Gasteiger partial charge in [0.05, 0.1) is 11.6 Å². The number of furan rings is 1. The second-order valence-electron chi connectivity index (χ2n) is 5.93. The van der Waals surface area contributed by atoms with E-state index in [9.17, 15) is 0 Å². The standard InChI is InChI=1S/C21H17NO2/c1-14-10-15(2)12-17(11-14)24-21-20-18(16-6-4-3-5-7-16)13-23-19(20)8-9-22-21/h3-13H,1-2H3. The molecule has 0 fully saturated rings. The van der Waals surface area contributed by atoms with E-state index < -0.39 is 0 Å². The van der Waals surface area contributed by atoms with Crippen LogP contribution in [0, 0.1) is 13.8 Å². The number of aryl methyl sites for hydroxylation is 2. The number of benzene rings is 2. The van der Waals surface area contributed by atoms with Gasteiger partial charge in [0.25, 0.3) is 0 Å². The molecule has 2 aromatic carbocycles. The van der Waals surface area contributed by atoms with Gasteiger partial charge in [0.2, 0.25) is 5.88 Å². The first-order valence-electron chi connectivity index (χ1n) is 7.88. The van der Waals surface area contributed by atoms with Gasteiger partial charge in [-0.2, -0.15) is 0 Å². The zero-order chi connectivity index (χ0) is 16.5. The predicted octanol–water partition coefficient (Wildman–Crippen LogP) is 5.90. The number of hydrogen-bond donors (Lipinski definition) is 0. The van der Waals surface area contributed by atoms with Crippen LogP contribution in [0.5, 0.6) is 11.6 Å². The maximum atomic E-state index is 6.10. The van der Waals surface area contributed by atoms with Crippen LogP contribution in [0.15, 0.2) is 71.5 Å². The van der Waals surface area contributed by atoms with Crippen LogP contribution in [0.3, 0.4) is 0 Å². The highest BCUT2D eigenvalue weighted by Crippen LogP contribution is 2.37. The highest BCUT2D eigenvalue weighted by atomic mass is 16.5. The van der Waals surface area contributed by atoms with Crippen molar-refractivity contribution in [3.05, 3.63) is 78.2 Å². The van der Waals surface area contributed by atoms with Crippen molar-refractivity contribution < 1.29 is 9.15 Å². The van der Waals surface area contributed by atoms with Gasteiger partial charge in [-0.25, -0.2) is 4.98 Å². The Morgan fingerprint density at radius 1 is 0.917 bits per heavy atom. The van der Waals surface area contributed by atoms with Crippen molar-refractivity contribution in [3.8, 4) is 22.8 Å². The van der Waals surface area contributed by atoms with E-state index in [-0.39, 0.29) is 0 Å². The summed E-state index contributed by atoms with van der Waals surface area (Å²) in [5, 5.41) is 0.892. The van der Waals surface area contributed by atoms with E-state index in [4.69, 9.17) is 9.15 Å². The lowest BCUT2D eigenvalue weighted by atomic mass is 10.1. The monoisotopic (exact) mass is 315 g/mol. The van der Waals surface area contributed by atoms with Crippen LogP contribution >= 0.6 is 0 Å². The molecule has 0 saturated heterocycles. The number of pyridine rings is 1. The summed E-state index contributed by atoms with van der Waals surface area (Å²) in [6.07, 6.45) is 3.47. The fraction of sp³-hybridized carbons (Fsp3) is 0.0952. The topological polar surface area (TPSA) is 35.3 Å². The molecule has 0 aliphatic carbocycles. The molecule has 4 aromatic rings. The summed E-state index contributed by atoms with van der Waals surface area (Å²) in [4.78, 5) is 4.44. The molecule has 0 radical (unpaired) electrons. The molecular weight excluding hydrogens is 298 g/mol. The average Bonchev–Trinajstić information content (AvgIpc) is 3.00. The van der Waals surface area contributed by atoms with Crippen molar-refractivity contribution in [1.29, 1.82) is 0 Å². The van der Waals surface area contributed by atoms with Gasteiger partial charge in [-0.05, 0) is 42.7 Å². The molecule has 2 aromatic heterocycles. The van der Waals surface area contributed by atoms with Gasteiger partial charge in [0, 0.05) is 17.8 Å². The van der Waals surface area contributed by atoms with Gasteiger partial charge in [-0.1, -0.05) is 36.4 Å². The SMILES string of the molecule is Cc1cc(C)cc(Oc2nccc3occ(-c4ccccc4)c23)c1. The van der Waals surface area contributed by atoms with E-state index in [1.54, 1.807) is 12.5 Å². The quantitative estimate of drug-likeness (QED) is 0.472. The summed E-state index contributed by atoms with van der Waals surface area (Å²) in [6.45, 7) is 4.11. The molecule has 24 heavy (non-hydrogen) atoms. The predicted molar refractivity (Wildman–Crippen MR) is 95.4 cm³/mol. The molecule has 0 aliphatic rings. The molecule has 0 atom stereocenters. The Bertz CT molecular complexity index is 983. The average molecular weight is 315 g/mol. The lowest BCUT2D eigenvalue weighted by Crippen LogP contribution is -1.90. The lowest BCUT2D eigenvalue weighted by molar-refractivity contribution is 0.468. The molecule has 3 nitrogen and oxygen atoms in total. The van der Waals surface area contributed by atoms with Gasteiger partial charge in [0.15, 0.2) is 0 Å². The molecule has 0 bridgehead atoms. The second-order valence-corrected chi connectivity index (χ2v) is 5.93. The van der Waals surface area contributed by atoms with Crippen LogP contribution in [0.2, 0.25) is 0 Å². The third-order valence-corrected chi connectivity index (χ3v) is 3.95. The first-order valence-corrected chi connectivity index (χ1v) is 7.88. The molecule has 118 valence electrons. The molecule has 0 unspecified atom stereocenters. The number of fused-ring (bicyclic) bond motifs is 1. The maximum Gasteiger partial charge on any atom is 0.231 e. The van der Waals surface area contributed by atoms with Crippen LogP contribution in [-0.2, 0) is 0 Å². The Hall–Kier alpha value is -3.07. The minimum atomic E-state index is 0.560. The second kappa shape index (κ2) is 5.85. The van der Waals surface area contributed by atoms with Crippen LogP contribution in [0.4, 0.5) is 0 Å². The summed E-state index contributed by atoms with van der Waals surface area (Å²) in [5.74, 6) is 1.35. The van der Waals surface area contributed by atoms with Crippen molar-refractivity contribution in [2.24, 2.45) is 0 Å². The normalized spacial score (nSPS) is 10.9. The fourth-order valence-electron chi connectivity index (χ4n) is 2.96. The van der Waals surface area contributed by atoms with Crippen LogP contribution in [-0.4, -0.2) is 4.98 Å². The van der Waals surface area contributed by atoms with Crippen molar-refractivity contribution in [1.82, 2.24) is 4.98 Å². The van der Waals surface area contributed by atoms with E-state index in [1.165, 1.54) is 0 Å². The molecule has 0 N–H and O–H groups in total. The largest absolute Gasteiger partial charge is 0.463 e. The van der Waals surface area contributed by atoms with Crippen molar-refractivity contribution in [2.75, 3.05) is 0 Å². The van der Waals surface area contributed by atoms with Crippen LogP contribution < -0.4 is 4.74 Å². The maximum absolute atomic E-state index is 6.10. The Balaban J connectivity index is 1.85. The van der Waals surface area contributed by atoms with Crippen molar-refractivity contribution in [3.63, 3.8) is 0 Å². The summed E-state index contributed by atoms with van der Waals surface area (Å²) < 4.78 is 11.8.